The van der Waals surface area contributed by atoms with E-state index in [1.54, 1.807) is 0 Å². The van der Waals surface area contributed by atoms with E-state index in [-0.39, 0.29) is 45.2 Å². The Morgan fingerprint density at radius 1 is 1.71 bits per heavy atom. The Morgan fingerprint density at radius 2 is 1.86 bits per heavy atom. The van der Waals surface area contributed by atoms with Crippen LogP contribution in [0.3, 0.4) is 0 Å². The number of aliphatic carboxylic acids is 1. The van der Waals surface area contributed by atoms with Crippen molar-refractivity contribution >= 4 is 18.4 Å². The molecule has 5 heteroatoms. The van der Waals surface area contributed by atoms with Gasteiger partial charge in [-0.05, 0) is 0 Å². The van der Waals surface area contributed by atoms with Gasteiger partial charge < -0.3 is 10.8 Å². The molecule has 0 saturated heterocycles. The fraction of sp³-hybridized carbons (Fsp3) is 0.500. The Hall–Kier alpha value is 0.603. The molecule has 0 aromatic carbocycles. The van der Waals surface area contributed by atoms with Crippen LogP contribution in [0, 0.1) is 0 Å². The smallest absolute Gasteiger partial charge is 0.317 e. The molecule has 0 rings (SSSR count). The summed E-state index contributed by atoms with van der Waals surface area (Å²) in [5.74, 6) is -0.968. The van der Waals surface area contributed by atoms with Gasteiger partial charge in [-0.1, -0.05) is 0 Å². The molecular formula is C2H6ClNO2Zr. The first-order valence-electron chi connectivity index (χ1n) is 1.19. The molecule has 0 aromatic heterocycles. The van der Waals surface area contributed by atoms with Crippen LogP contribution in [-0.2, 0) is 31.0 Å². The Morgan fingerprint density at radius 3 is 1.86 bits per heavy atom. The number of hydrogen-bond acceptors (Lipinski definition) is 2. The maximum absolute atomic E-state index is 9.24. The van der Waals surface area contributed by atoms with E-state index in [0.717, 1.165) is 0 Å². The monoisotopic (exact) mass is 201 g/mol. The number of carboxylic acids is 1. The summed E-state index contributed by atoms with van der Waals surface area (Å²) in [5.41, 5.74) is 4.57. The van der Waals surface area contributed by atoms with Crippen LogP contribution < -0.4 is 5.73 Å². The predicted molar refractivity (Wildman–Crippen MR) is 23.9 cm³/mol. The Bertz CT molecular complexity index is 51.0. The number of hydrogen-bond donors (Lipinski definition) is 2. The largest absolute Gasteiger partial charge is 0.480 e. The van der Waals surface area contributed by atoms with E-state index in [0.29, 0.717) is 0 Å². The maximum Gasteiger partial charge on any atom is 0.317 e. The fourth-order valence-electron chi connectivity index (χ4n) is 0. The van der Waals surface area contributed by atoms with Crippen molar-refractivity contribution in [2.45, 2.75) is 0 Å². The number of carboxylic acid groups (broad SMARTS) is 1. The number of rotatable bonds is 1. The molecule has 42 valence electrons. The van der Waals surface area contributed by atoms with Crippen LogP contribution >= 0.6 is 12.4 Å². The molecule has 0 atom stereocenters. The van der Waals surface area contributed by atoms with Gasteiger partial charge in [0.25, 0.3) is 0 Å². The van der Waals surface area contributed by atoms with Crippen LogP contribution in [0.25, 0.3) is 0 Å². The van der Waals surface area contributed by atoms with Crippen LogP contribution in [0.15, 0.2) is 0 Å². The van der Waals surface area contributed by atoms with Crippen molar-refractivity contribution in [1.82, 2.24) is 0 Å². The van der Waals surface area contributed by atoms with Crippen LogP contribution in [0.1, 0.15) is 0 Å². The minimum atomic E-state index is -0.968. The molecule has 0 aromatic rings. The molecule has 0 aliphatic carbocycles. The third-order valence-corrected chi connectivity index (χ3v) is 0.175. The molecule has 0 unspecified atom stereocenters. The van der Waals surface area contributed by atoms with E-state index in [1.807, 2.05) is 0 Å². The van der Waals surface area contributed by atoms with E-state index in [1.165, 1.54) is 0 Å². The molecule has 0 amide bonds. The van der Waals surface area contributed by atoms with Gasteiger partial charge >= 0.3 is 5.97 Å². The van der Waals surface area contributed by atoms with Gasteiger partial charge in [-0.15, -0.1) is 12.4 Å². The van der Waals surface area contributed by atoms with Gasteiger partial charge in [-0.25, -0.2) is 0 Å². The fourth-order valence-corrected chi connectivity index (χ4v) is 0. The molecule has 3 nitrogen and oxygen atoms in total. The summed E-state index contributed by atoms with van der Waals surface area (Å²) in [6.45, 7) is -0.278. The van der Waals surface area contributed by atoms with Crippen LogP contribution in [0.2, 0.25) is 0 Å². The third kappa shape index (κ3) is 20.6. The van der Waals surface area contributed by atoms with Crippen molar-refractivity contribution in [3.63, 3.8) is 0 Å². The van der Waals surface area contributed by atoms with Crippen LogP contribution in [0.4, 0.5) is 0 Å². The zero-order valence-electron chi connectivity index (χ0n) is 3.55. The average molecular weight is 203 g/mol. The van der Waals surface area contributed by atoms with E-state index < -0.39 is 5.97 Å². The zero-order chi connectivity index (χ0) is 4.28. The van der Waals surface area contributed by atoms with Crippen molar-refractivity contribution in [3.8, 4) is 0 Å². The van der Waals surface area contributed by atoms with E-state index in [9.17, 15) is 4.79 Å². The Kier molecular flexibility index (Phi) is 21.9. The molecule has 0 aliphatic rings. The molecule has 0 aliphatic heterocycles. The van der Waals surface area contributed by atoms with Gasteiger partial charge in [0.05, 0.1) is 6.54 Å². The van der Waals surface area contributed by atoms with Crippen molar-refractivity contribution < 1.29 is 36.1 Å². The SMILES string of the molecule is Cl.NCC(=O)O.[Zr]. The topological polar surface area (TPSA) is 63.3 Å². The van der Waals surface area contributed by atoms with Crippen LogP contribution in [0.5, 0.6) is 0 Å². The second-order valence-corrected chi connectivity index (χ2v) is 0.598. The normalized spacial score (nSPS) is 5.29. The van der Waals surface area contributed by atoms with Crippen molar-refractivity contribution in [3.05, 3.63) is 0 Å². The standard InChI is InChI=1S/C2H5NO2.ClH.Zr/c3-1-2(4)5;;/h1,3H2,(H,4,5);1H;. The average Bonchev–Trinajstić information content (AvgIpc) is 1.38. The summed E-state index contributed by atoms with van der Waals surface area (Å²) in [6, 6.07) is 0. The van der Waals surface area contributed by atoms with Gasteiger partial charge in [0.1, 0.15) is 0 Å². The molecule has 0 heterocycles. The number of halogens is 1. The molecule has 3 N–H and O–H groups in total. The molecule has 7 heavy (non-hydrogen) atoms. The van der Waals surface area contributed by atoms with Gasteiger partial charge in [0.15, 0.2) is 0 Å². The zero-order valence-corrected chi connectivity index (χ0v) is 6.82. The molecule has 0 bridgehead atoms. The first-order chi connectivity index (χ1) is 2.27. The summed E-state index contributed by atoms with van der Waals surface area (Å²) in [4.78, 5) is 9.24. The minimum absolute atomic E-state index is 0. The molecule has 0 spiro atoms. The van der Waals surface area contributed by atoms with Gasteiger partial charge in [0, 0.05) is 26.2 Å². The summed E-state index contributed by atoms with van der Waals surface area (Å²) in [6.07, 6.45) is 0. The second-order valence-electron chi connectivity index (χ2n) is 0.598. The van der Waals surface area contributed by atoms with Gasteiger partial charge in [-0.2, -0.15) is 0 Å². The Labute approximate surface area is 66.8 Å². The first-order valence-corrected chi connectivity index (χ1v) is 1.19. The van der Waals surface area contributed by atoms with Crippen LogP contribution in [-0.4, -0.2) is 17.6 Å². The quantitative estimate of drug-likeness (QED) is 0.600. The summed E-state index contributed by atoms with van der Waals surface area (Å²) in [7, 11) is 0. The van der Waals surface area contributed by atoms with E-state index in [4.69, 9.17) is 5.11 Å². The van der Waals surface area contributed by atoms with Crippen molar-refractivity contribution in [2.75, 3.05) is 6.54 Å². The second kappa shape index (κ2) is 9.78. The van der Waals surface area contributed by atoms with Crippen molar-refractivity contribution in [1.29, 1.82) is 0 Å². The first kappa shape index (κ1) is 15.6. The minimum Gasteiger partial charge on any atom is -0.480 e. The summed E-state index contributed by atoms with van der Waals surface area (Å²) < 4.78 is 0. The number of nitrogens with two attached hydrogens (primary N) is 1. The Balaban J connectivity index is -0.0000000800. The maximum atomic E-state index is 9.24. The molecule has 0 radical (unpaired) electrons. The molecule has 0 saturated carbocycles. The summed E-state index contributed by atoms with van der Waals surface area (Å²) >= 11 is 0. The number of carbonyl (C=O) groups is 1. The summed E-state index contributed by atoms with van der Waals surface area (Å²) in [5, 5.41) is 7.60. The van der Waals surface area contributed by atoms with Gasteiger partial charge in [-0.3, -0.25) is 4.79 Å². The van der Waals surface area contributed by atoms with E-state index in [2.05, 4.69) is 5.73 Å². The molecule has 0 fully saturated rings. The van der Waals surface area contributed by atoms with Gasteiger partial charge in [0.2, 0.25) is 0 Å². The van der Waals surface area contributed by atoms with Crippen molar-refractivity contribution in [2.24, 2.45) is 5.73 Å². The molecular weight excluding hydrogens is 197 g/mol. The van der Waals surface area contributed by atoms with E-state index >= 15 is 0 Å². The third-order valence-electron chi connectivity index (χ3n) is 0.175. The predicted octanol–water partition coefficient (Wildman–Crippen LogP) is -0.551.